The minimum absolute atomic E-state index is 0.352. The van der Waals surface area contributed by atoms with Crippen LogP contribution in [0.1, 0.15) is 35.1 Å². The molecule has 0 bridgehead atoms. The molecule has 2 aliphatic carbocycles. The molecule has 0 saturated heterocycles. The summed E-state index contributed by atoms with van der Waals surface area (Å²) in [7, 11) is 0. The smallest absolute Gasteiger partial charge is 0.0710 e. The second kappa shape index (κ2) is 11.7. The highest BCUT2D eigenvalue weighted by atomic mass is 32.1. The highest BCUT2D eigenvalue weighted by Gasteiger charge is 2.48. The average molecular weight is 655 g/mol. The zero-order valence-electron chi connectivity index (χ0n) is 27.6. The molecule has 50 heavy (non-hydrogen) atoms. The second-order valence-corrected chi connectivity index (χ2v) is 14.5. The summed E-state index contributed by atoms with van der Waals surface area (Å²) in [4.78, 5) is 0. The molecule has 1 atom stereocenters. The maximum atomic E-state index is 2.50. The zero-order chi connectivity index (χ0) is 33.1. The molecule has 236 valence electrons. The summed E-state index contributed by atoms with van der Waals surface area (Å²) in [6.07, 6.45) is 7.13. The number of allylic oxidation sites excluding steroid dienone is 4. The van der Waals surface area contributed by atoms with Crippen molar-refractivity contribution >= 4 is 37.1 Å². The van der Waals surface area contributed by atoms with Crippen LogP contribution in [0, 0.1) is 0 Å². The molecule has 0 radical (unpaired) electrons. The van der Waals surface area contributed by atoms with Crippen molar-refractivity contribution < 1.29 is 0 Å². The Morgan fingerprint density at radius 2 is 1.02 bits per heavy atom. The molecule has 2 aliphatic rings. The van der Waals surface area contributed by atoms with Gasteiger partial charge in [0.25, 0.3) is 0 Å². The van der Waals surface area contributed by atoms with Crippen molar-refractivity contribution in [3.8, 4) is 33.4 Å². The summed E-state index contributed by atoms with van der Waals surface area (Å²) < 4.78 is 2.65. The summed E-state index contributed by atoms with van der Waals surface area (Å²) in [6.45, 7) is 0. The van der Waals surface area contributed by atoms with Crippen molar-refractivity contribution in [1.29, 1.82) is 0 Å². The fourth-order valence-electron chi connectivity index (χ4n) is 8.55. The normalized spacial score (nSPS) is 16.6. The fourth-order valence-corrected chi connectivity index (χ4v) is 9.75. The van der Waals surface area contributed by atoms with E-state index in [9.17, 15) is 0 Å². The lowest BCUT2D eigenvalue weighted by Crippen LogP contribution is -2.29. The lowest BCUT2D eigenvalue weighted by atomic mass is 9.66. The Kier molecular flexibility index (Phi) is 6.82. The summed E-state index contributed by atoms with van der Waals surface area (Å²) in [5.74, 6) is 0. The maximum absolute atomic E-state index is 2.50. The van der Waals surface area contributed by atoms with Gasteiger partial charge in [0.15, 0.2) is 0 Å². The number of hydrogen-bond acceptors (Lipinski definition) is 1. The van der Waals surface area contributed by atoms with Crippen LogP contribution in [-0.4, -0.2) is 0 Å². The molecule has 0 fully saturated rings. The summed E-state index contributed by atoms with van der Waals surface area (Å²) in [6, 6.07) is 63.1. The first-order valence-electron chi connectivity index (χ1n) is 17.6. The van der Waals surface area contributed by atoms with E-state index in [1.165, 1.54) is 87.0 Å². The molecular weight excluding hydrogens is 621 g/mol. The van der Waals surface area contributed by atoms with Crippen LogP contribution < -0.4 is 0 Å². The SMILES string of the molecule is C1=C2C(=CCC1)C(c1ccccc1)(c1ccc(-c3cc(-c4ccccc4)cc4c3sc3ccc(-c5ccccc5)cc34)cc1)c1ccccc12. The van der Waals surface area contributed by atoms with Gasteiger partial charge >= 0.3 is 0 Å². The van der Waals surface area contributed by atoms with E-state index >= 15 is 0 Å². The summed E-state index contributed by atoms with van der Waals surface area (Å²) in [5, 5.41) is 2.63. The molecule has 8 aromatic rings. The predicted octanol–water partition coefficient (Wildman–Crippen LogP) is 13.5. The highest BCUT2D eigenvalue weighted by Crippen LogP contribution is 2.58. The molecule has 0 N–H and O–H groups in total. The van der Waals surface area contributed by atoms with Crippen LogP contribution in [0.25, 0.3) is 59.1 Å². The van der Waals surface area contributed by atoms with E-state index in [0.717, 1.165) is 12.8 Å². The number of rotatable bonds is 5. The molecular formula is C49H34S. The van der Waals surface area contributed by atoms with Crippen molar-refractivity contribution in [2.45, 2.75) is 18.3 Å². The first-order chi connectivity index (χ1) is 24.8. The summed E-state index contributed by atoms with van der Waals surface area (Å²) in [5.41, 5.74) is 15.4. The zero-order valence-corrected chi connectivity index (χ0v) is 28.5. The molecule has 1 unspecified atom stereocenters. The van der Waals surface area contributed by atoms with E-state index in [-0.39, 0.29) is 5.41 Å². The van der Waals surface area contributed by atoms with Crippen LogP contribution in [0.4, 0.5) is 0 Å². The van der Waals surface area contributed by atoms with Crippen molar-refractivity contribution in [3.05, 3.63) is 210 Å². The predicted molar refractivity (Wildman–Crippen MR) is 214 cm³/mol. The average Bonchev–Trinajstić information content (AvgIpc) is 3.72. The van der Waals surface area contributed by atoms with Crippen LogP contribution in [0.5, 0.6) is 0 Å². The first-order valence-corrected chi connectivity index (χ1v) is 18.4. The number of hydrogen-bond donors (Lipinski definition) is 0. The Bertz CT molecular complexity index is 2600. The molecule has 0 saturated carbocycles. The number of thiophene rings is 1. The van der Waals surface area contributed by atoms with Crippen molar-refractivity contribution in [1.82, 2.24) is 0 Å². The third-order valence-corrected chi connectivity index (χ3v) is 12.0. The number of fused-ring (bicyclic) bond motifs is 6. The Morgan fingerprint density at radius 1 is 0.420 bits per heavy atom. The van der Waals surface area contributed by atoms with Gasteiger partial charge in [-0.05, 0) is 98.3 Å². The second-order valence-electron chi connectivity index (χ2n) is 13.5. The monoisotopic (exact) mass is 654 g/mol. The van der Waals surface area contributed by atoms with Gasteiger partial charge in [0.2, 0.25) is 0 Å². The van der Waals surface area contributed by atoms with E-state index in [2.05, 4.69) is 182 Å². The standard InChI is InChI=1S/C49H34S/c1-4-14-33(15-5-1)36-26-29-47-43(30-36)44-32-37(34-16-6-2-7-17-34)31-42(48(44)50-47)35-24-27-39(28-25-35)49(38-18-8-3-9-19-38)45-22-12-10-20-40(45)41-21-11-13-23-46(41)49/h1-10,12,14-32H,11,13H2. The number of benzene rings is 7. The van der Waals surface area contributed by atoms with Crippen LogP contribution in [-0.2, 0) is 5.41 Å². The van der Waals surface area contributed by atoms with E-state index in [1.807, 2.05) is 11.3 Å². The highest BCUT2D eigenvalue weighted by molar-refractivity contribution is 7.26. The lowest BCUT2D eigenvalue weighted by molar-refractivity contribution is 0.759. The van der Waals surface area contributed by atoms with Gasteiger partial charge in [-0.2, -0.15) is 0 Å². The van der Waals surface area contributed by atoms with Crippen molar-refractivity contribution in [2.75, 3.05) is 0 Å². The molecule has 1 aromatic heterocycles. The van der Waals surface area contributed by atoms with Crippen LogP contribution in [0.3, 0.4) is 0 Å². The Labute approximate surface area is 297 Å². The first kappa shape index (κ1) is 29.2. The van der Waals surface area contributed by atoms with E-state index in [4.69, 9.17) is 0 Å². The largest absolute Gasteiger partial charge is 0.135 e. The third-order valence-electron chi connectivity index (χ3n) is 10.8. The molecule has 0 aliphatic heterocycles. The Hall–Kier alpha value is -5.76. The minimum atomic E-state index is -0.352. The van der Waals surface area contributed by atoms with E-state index < -0.39 is 0 Å². The van der Waals surface area contributed by atoms with Gasteiger partial charge < -0.3 is 0 Å². The van der Waals surface area contributed by atoms with E-state index in [0.29, 0.717) is 0 Å². The van der Waals surface area contributed by atoms with Gasteiger partial charge in [-0.3, -0.25) is 0 Å². The topological polar surface area (TPSA) is 0 Å². The van der Waals surface area contributed by atoms with Crippen molar-refractivity contribution in [3.63, 3.8) is 0 Å². The molecule has 1 heteroatoms. The van der Waals surface area contributed by atoms with Crippen LogP contribution >= 0.6 is 11.3 Å². The molecule has 0 nitrogen and oxygen atoms in total. The van der Waals surface area contributed by atoms with Gasteiger partial charge in [0.05, 0.1) is 5.41 Å². The Morgan fingerprint density at radius 3 is 1.78 bits per heavy atom. The summed E-state index contributed by atoms with van der Waals surface area (Å²) >= 11 is 1.91. The van der Waals surface area contributed by atoms with Gasteiger partial charge in [-0.15, -0.1) is 11.3 Å². The van der Waals surface area contributed by atoms with E-state index in [1.54, 1.807) is 0 Å². The molecule has 1 heterocycles. The van der Waals surface area contributed by atoms with Crippen LogP contribution in [0.15, 0.2) is 188 Å². The third kappa shape index (κ3) is 4.44. The quantitative estimate of drug-likeness (QED) is 0.173. The maximum Gasteiger partial charge on any atom is 0.0710 e. The molecule has 10 rings (SSSR count). The van der Waals surface area contributed by atoms with Crippen molar-refractivity contribution in [2.24, 2.45) is 0 Å². The van der Waals surface area contributed by atoms with Gasteiger partial charge in [-0.1, -0.05) is 158 Å². The van der Waals surface area contributed by atoms with Gasteiger partial charge in [0, 0.05) is 25.7 Å². The Balaban J connectivity index is 1.19. The van der Waals surface area contributed by atoms with Gasteiger partial charge in [-0.25, -0.2) is 0 Å². The minimum Gasteiger partial charge on any atom is -0.135 e. The van der Waals surface area contributed by atoms with Gasteiger partial charge in [0.1, 0.15) is 0 Å². The molecule has 0 amide bonds. The molecule has 0 spiro atoms. The fraction of sp³-hybridized carbons (Fsp3) is 0.0612. The lowest BCUT2D eigenvalue weighted by Gasteiger charge is -2.35. The van der Waals surface area contributed by atoms with Crippen LogP contribution in [0.2, 0.25) is 0 Å². The molecule has 7 aromatic carbocycles.